The molecule has 0 amide bonds. The largest absolute Gasteiger partial charge is 0.264 e. The molecule has 0 atom stereocenters. The molecule has 3 rings (SSSR count). The van der Waals surface area contributed by atoms with Crippen molar-refractivity contribution in [1.29, 1.82) is 0 Å². The summed E-state index contributed by atoms with van der Waals surface area (Å²) in [5, 5.41) is 16.3. The Labute approximate surface area is 109 Å². The molecule has 3 heterocycles. The molecule has 0 saturated heterocycles. The van der Waals surface area contributed by atoms with E-state index in [1.54, 1.807) is 29.2 Å². The molecule has 19 heavy (non-hydrogen) atoms. The first kappa shape index (κ1) is 11.3. The lowest BCUT2D eigenvalue weighted by molar-refractivity contribution is 0.875. The van der Waals surface area contributed by atoms with Crippen LogP contribution in [0.15, 0.2) is 41.8 Å². The van der Waals surface area contributed by atoms with Gasteiger partial charge in [0.25, 0.3) is 0 Å². The van der Waals surface area contributed by atoms with E-state index in [2.05, 4.69) is 30.8 Å². The Hall–Kier alpha value is -2.83. The third-order valence-electron chi connectivity index (χ3n) is 2.50. The summed E-state index contributed by atoms with van der Waals surface area (Å²) in [5.41, 5.74) is 4.48. The van der Waals surface area contributed by atoms with Crippen LogP contribution in [0.25, 0.3) is 5.65 Å². The van der Waals surface area contributed by atoms with Crippen LogP contribution < -0.4 is 5.43 Å². The van der Waals surface area contributed by atoms with Gasteiger partial charge in [-0.25, -0.2) is 0 Å². The van der Waals surface area contributed by atoms with Gasteiger partial charge >= 0.3 is 0 Å². The number of hydrogen-bond acceptors (Lipinski definition) is 6. The fraction of sp³-hybridized carbons (Fsp3) is 0.0833. The van der Waals surface area contributed by atoms with Crippen LogP contribution in [0.4, 0.5) is 5.82 Å². The highest BCUT2D eigenvalue weighted by molar-refractivity contribution is 5.79. The minimum atomic E-state index is 0.621. The zero-order valence-electron chi connectivity index (χ0n) is 10.2. The maximum Gasteiger partial charge on any atom is 0.178 e. The molecule has 94 valence electrons. The summed E-state index contributed by atoms with van der Waals surface area (Å²) in [6, 6.07) is 7.39. The number of hydrazone groups is 1. The molecule has 0 radical (unpaired) electrons. The molecule has 0 spiro atoms. The quantitative estimate of drug-likeness (QED) is 0.561. The van der Waals surface area contributed by atoms with E-state index in [0.29, 0.717) is 11.5 Å². The molecular formula is C12H11N7. The molecule has 0 saturated carbocycles. The summed E-state index contributed by atoms with van der Waals surface area (Å²) < 4.78 is 1.65. The summed E-state index contributed by atoms with van der Waals surface area (Å²) >= 11 is 0. The summed E-state index contributed by atoms with van der Waals surface area (Å²) in [6.07, 6.45) is 5.12. The normalized spacial score (nSPS) is 11.2. The van der Waals surface area contributed by atoms with Crippen LogP contribution >= 0.6 is 0 Å². The smallest absolute Gasteiger partial charge is 0.178 e. The van der Waals surface area contributed by atoms with Gasteiger partial charge in [0, 0.05) is 18.0 Å². The topological polar surface area (TPSA) is 80.4 Å². The maximum atomic E-state index is 4.32. The van der Waals surface area contributed by atoms with Gasteiger partial charge in [-0.2, -0.15) is 9.62 Å². The second kappa shape index (κ2) is 4.81. The number of nitrogens with one attached hydrogen (secondary N) is 1. The van der Waals surface area contributed by atoms with Gasteiger partial charge in [-0.05, 0) is 25.1 Å². The number of hydrogen-bond donors (Lipinski definition) is 1. The lowest BCUT2D eigenvalue weighted by Crippen LogP contribution is -2.00. The third kappa shape index (κ3) is 2.39. The molecule has 7 heteroatoms. The van der Waals surface area contributed by atoms with Gasteiger partial charge in [0.1, 0.15) is 0 Å². The second-order valence-electron chi connectivity index (χ2n) is 3.89. The van der Waals surface area contributed by atoms with Crippen molar-refractivity contribution in [3.63, 3.8) is 0 Å². The Morgan fingerprint density at radius 2 is 2.21 bits per heavy atom. The van der Waals surface area contributed by atoms with Crippen LogP contribution in [0.5, 0.6) is 0 Å². The van der Waals surface area contributed by atoms with Crippen LogP contribution in [0.1, 0.15) is 11.4 Å². The van der Waals surface area contributed by atoms with E-state index in [-0.39, 0.29) is 0 Å². The van der Waals surface area contributed by atoms with Crippen molar-refractivity contribution in [2.75, 3.05) is 5.43 Å². The van der Waals surface area contributed by atoms with Crippen molar-refractivity contribution in [2.45, 2.75) is 6.92 Å². The molecule has 3 aromatic rings. The molecular weight excluding hydrogens is 242 g/mol. The molecule has 7 nitrogen and oxygen atoms in total. The minimum absolute atomic E-state index is 0.621. The van der Waals surface area contributed by atoms with Crippen molar-refractivity contribution >= 4 is 17.7 Å². The van der Waals surface area contributed by atoms with Crippen molar-refractivity contribution in [1.82, 2.24) is 24.8 Å². The van der Waals surface area contributed by atoms with E-state index >= 15 is 0 Å². The molecule has 0 aliphatic heterocycles. The average molecular weight is 253 g/mol. The first-order valence-corrected chi connectivity index (χ1v) is 5.71. The first-order valence-electron chi connectivity index (χ1n) is 5.71. The number of fused-ring (bicyclic) bond motifs is 1. The van der Waals surface area contributed by atoms with Gasteiger partial charge in [-0.3, -0.25) is 10.4 Å². The number of pyridine rings is 1. The van der Waals surface area contributed by atoms with E-state index in [1.807, 2.05) is 25.1 Å². The standard InChI is InChI=1S/C12H11N7/c1-9-15-17-12-5-4-11(18-19(9)12)16-14-8-10-3-2-6-13-7-10/h2-8H,1H3,(H,16,18)/b14-8+. The molecule has 0 aliphatic rings. The van der Waals surface area contributed by atoms with Crippen LogP contribution in [0.2, 0.25) is 0 Å². The predicted octanol–water partition coefficient (Wildman–Crippen LogP) is 1.27. The van der Waals surface area contributed by atoms with Crippen LogP contribution in [0, 0.1) is 6.92 Å². The Bertz CT molecular complexity index is 717. The Morgan fingerprint density at radius 3 is 3.05 bits per heavy atom. The Morgan fingerprint density at radius 1 is 1.26 bits per heavy atom. The fourth-order valence-electron chi connectivity index (χ4n) is 1.58. The zero-order valence-corrected chi connectivity index (χ0v) is 10.2. The molecule has 0 unspecified atom stereocenters. The van der Waals surface area contributed by atoms with Crippen LogP contribution in [0.3, 0.4) is 0 Å². The van der Waals surface area contributed by atoms with E-state index in [1.165, 1.54) is 0 Å². The Kier molecular flexibility index (Phi) is 2.85. The highest BCUT2D eigenvalue weighted by atomic mass is 15.4. The van der Waals surface area contributed by atoms with Gasteiger partial charge in [0.15, 0.2) is 17.3 Å². The zero-order chi connectivity index (χ0) is 13.1. The van der Waals surface area contributed by atoms with Gasteiger partial charge in [-0.15, -0.1) is 15.3 Å². The molecule has 0 bridgehead atoms. The monoisotopic (exact) mass is 253 g/mol. The van der Waals surface area contributed by atoms with Gasteiger partial charge in [-0.1, -0.05) is 6.07 Å². The Balaban J connectivity index is 1.78. The lowest BCUT2D eigenvalue weighted by Gasteiger charge is -2.00. The SMILES string of the molecule is Cc1nnc2ccc(N/N=C/c3cccnc3)nn12. The maximum absolute atomic E-state index is 4.32. The number of aromatic nitrogens is 5. The van der Waals surface area contributed by atoms with Crippen LogP contribution in [-0.4, -0.2) is 31.0 Å². The van der Waals surface area contributed by atoms with E-state index in [9.17, 15) is 0 Å². The predicted molar refractivity (Wildman–Crippen MR) is 71.0 cm³/mol. The number of nitrogens with zero attached hydrogens (tertiary/aromatic N) is 6. The van der Waals surface area contributed by atoms with E-state index in [0.717, 1.165) is 11.4 Å². The highest BCUT2D eigenvalue weighted by Gasteiger charge is 2.02. The second-order valence-corrected chi connectivity index (χ2v) is 3.89. The van der Waals surface area contributed by atoms with Gasteiger partial charge in [0.05, 0.1) is 6.21 Å². The molecule has 3 aromatic heterocycles. The summed E-state index contributed by atoms with van der Waals surface area (Å²) in [7, 11) is 0. The van der Waals surface area contributed by atoms with E-state index < -0.39 is 0 Å². The average Bonchev–Trinajstić information content (AvgIpc) is 2.82. The van der Waals surface area contributed by atoms with E-state index in [4.69, 9.17) is 0 Å². The summed E-state index contributed by atoms with van der Waals surface area (Å²) in [5.74, 6) is 1.35. The van der Waals surface area contributed by atoms with Crippen molar-refractivity contribution < 1.29 is 0 Å². The lowest BCUT2D eigenvalue weighted by atomic mass is 10.3. The van der Waals surface area contributed by atoms with Crippen molar-refractivity contribution in [2.24, 2.45) is 5.10 Å². The minimum Gasteiger partial charge on any atom is -0.264 e. The third-order valence-corrected chi connectivity index (χ3v) is 2.50. The highest BCUT2D eigenvalue weighted by Crippen LogP contribution is 2.06. The summed E-state index contributed by atoms with van der Waals surface area (Å²) in [4.78, 5) is 4.00. The van der Waals surface area contributed by atoms with Gasteiger partial charge in [0.2, 0.25) is 0 Å². The summed E-state index contributed by atoms with van der Waals surface area (Å²) in [6.45, 7) is 1.84. The number of anilines is 1. The number of rotatable bonds is 3. The van der Waals surface area contributed by atoms with Crippen molar-refractivity contribution in [3.05, 3.63) is 48.0 Å². The number of aryl methyl sites for hydroxylation is 1. The van der Waals surface area contributed by atoms with Crippen molar-refractivity contribution in [3.8, 4) is 0 Å². The fourth-order valence-corrected chi connectivity index (χ4v) is 1.58. The molecule has 1 N–H and O–H groups in total. The molecule has 0 aromatic carbocycles. The first-order chi connectivity index (χ1) is 9.33. The molecule has 0 aliphatic carbocycles. The van der Waals surface area contributed by atoms with Gasteiger partial charge < -0.3 is 0 Å². The molecule has 0 fully saturated rings. The van der Waals surface area contributed by atoms with Crippen LogP contribution in [-0.2, 0) is 0 Å².